The summed E-state index contributed by atoms with van der Waals surface area (Å²) in [5, 5.41) is 5.31. The third kappa shape index (κ3) is 11.1. The third-order valence-electron chi connectivity index (χ3n) is 9.43. The Hall–Kier alpha value is -4.94. The van der Waals surface area contributed by atoms with E-state index in [1.54, 1.807) is 23.5 Å². The van der Waals surface area contributed by atoms with Crippen molar-refractivity contribution < 1.29 is 38.1 Å². The maximum Gasteiger partial charge on any atom is 0.407 e. The number of benzene rings is 4. The van der Waals surface area contributed by atoms with Crippen LogP contribution in [0.25, 0.3) is 22.3 Å². The van der Waals surface area contributed by atoms with Crippen LogP contribution in [0.2, 0.25) is 0 Å². The summed E-state index contributed by atoms with van der Waals surface area (Å²) >= 11 is 3.36. The molecular formula is C43H46N2O8S2. The predicted molar refractivity (Wildman–Crippen MR) is 217 cm³/mol. The van der Waals surface area contributed by atoms with Gasteiger partial charge in [0.2, 0.25) is 0 Å². The second kappa shape index (κ2) is 20.7. The lowest BCUT2D eigenvalue weighted by atomic mass is 9.98. The average Bonchev–Trinajstić information content (AvgIpc) is 3.71. The Morgan fingerprint density at radius 2 is 0.818 bits per heavy atom. The van der Waals surface area contributed by atoms with Gasteiger partial charge in [0.1, 0.15) is 26.4 Å². The highest BCUT2D eigenvalue weighted by molar-refractivity contribution is 8.00. The summed E-state index contributed by atoms with van der Waals surface area (Å²) in [6.07, 6.45) is 0.468. The lowest BCUT2D eigenvalue weighted by molar-refractivity contribution is -0.143. The van der Waals surface area contributed by atoms with Crippen LogP contribution >= 0.6 is 23.5 Å². The number of fused-ring (bicyclic) bond motifs is 6. The zero-order chi connectivity index (χ0) is 38.2. The minimum absolute atomic E-state index is 0.0113. The molecule has 0 heterocycles. The van der Waals surface area contributed by atoms with E-state index in [0.717, 1.165) is 40.2 Å². The van der Waals surface area contributed by atoms with Gasteiger partial charge in [-0.05, 0) is 62.4 Å². The van der Waals surface area contributed by atoms with Gasteiger partial charge in [-0.15, -0.1) is 0 Å². The van der Waals surface area contributed by atoms with E-state index in [0.29, 0.717) is 24.3 Å². The van der Waals surface area contributed by atoms with E-state index in [9.17, 15) is 19.2 Å². The number of nitrogens with one attached hydrogen (secondary N) is 2. The summed E-state index contributed by atoms with van der Waals surface area (Å²) in [6.45, 7) is 0.991. The van der Waals surface area contributed by atoms with E-state index < -0.39 is 12.2 Å². The van der Waals surface area contributed by atoms with Gasteiger partial charge in [0.05, 0.1) is 25.9 Å². The Kier molecular flexibility index (Phi) is 14.9. The SMILES string of the molecule is O=C(CCSCCCSCCC(=O)OCCNC(=O)OCC1c2ccccc2-c2ccccc21)OCCNC(=O)OCC1c2ccccc2-c2ccccc21. The molecule has 2 aliphatic rings. The van der Waals surface area contributed by atoms with Crippen molar-refractivity contribution in [2.45, 2.75) is 31.1 Å². The van der Waals surface area contributed by atoms with Crippen molar-refractivity contribution in [1.82, 2.24) is 10.6 Å². The molecule has 0 spiro atoms. The van der Waals surface area contributed by atoms with E-state index >= 15 is 0 Å². The topological polar surface area (TPSA) is 129 Å². The highest BCUT2D eigenvalue weighted by Gasteiger charge is 2.30. The van der Waals surface area contributed by atoms with E-state index in [1.807, 2.05) is 48.5 Å². The van der Waals surface area contributed by atoms with Gasteiger partial charge in [-0.25, -0.2) is 9.59 Å². The maximum atomic E-state index is 12.3. The van der Waals surface area contributed by atoms with Crippen molar-refractivity contribution in [3.8, 4) is 22.3 Å². The second-order valence-corrected chi connectivity index (χ2v) is 15.5. The highest BCUT2D eigenvalue weighted by Crippen LogP contribution is 2.45. The number of rotatable bonds is 20. The summed E-state index contributed by atoms with van der Waals surface area (Å²) in [5.41, 5.74) is 9.28. The molecule has 0 fully saturated rings. The number of thioether (sulfide) groups is 2. The lowest BCUT2D eigenvalue weighted by Crippen LogP contribution is -2.29. The molecule has 2 amide bonds. The smallest absolute Gasteiger partial charge is 0.407 e. The van der Waals surface area contributed by atoms with Gasteiger partial charge in [0.15, 0.2) is 0 Å². The van der Waals surface area contributed by atoms with E-state index in [-0.39, 0.29) is 63.3 Å². The number of ether oxygens (including phenoxy) is 4. The van der Waals surface area contributed by atoms with Crippen LogP contribution < -0.4 is 10.6 Å². The van der Waals surface area contributed by atoms with Crippen molar-refractivity contribution in [2.24, 2.45) is 0 Å². The van der Waals surface area contributed by atoms with Crippen LogP contribution in [0.15, 0.2) is 97.1 Å². The largest absolute Gasteiger partial charge is 0.464 e. The molecule has 0 atom stereocenters. The second-order valence-electron chi connectivity index (χ2n) is 13.0. The van der Waals surface area contributed by atoms with E-state index in [4.69, 9.17) is 18.9 Å². The van der Waals surface area contributed by atoms with Gasteiger partial charge in [0, 0.05) is 23.3 Å². The number of amides is 2. The summed E-state index contributed by atoms with van der Waals surface area (Å²) in [6, 6.07) is 32.7. The Balaban J connectivity index is 0.712. The van der Waals surface area contributed by atoms with Crippen LogP contribution in [0.4, 0.5) is 9.59 Å². The molecule has 10 nitrogen and oxygen atoms in total. The van der Waals surface area contributed by atoms with Crippen molar-refractivity contribution in [1.29, 1.82) is 0 Å². The standard InChI is InChI=1S/C43H46N2O8S2/c46-40(50-22-20-44-42(48)52-28-38-34-14-5-1-10-30(34)31-11-2-6-15-35(31)38)18-26-54-24-9-25-55-27-19-41(47)51-23-21-45-43(49)53-29-39-36-16-7-3-12-32(36)33-13-4-8-17-37(33)39/h1-8,10-17,38-39H,9,18-29H2,(H,44,48)(H,45,49). The highest BCUT2D eigenvalue weighted by atomic mass is 32.2. The summed E-state index contributed by atoms with van der Waals surface area (Å²) in [5.74, 6) is 2.47. The number of esters is 2. The normalized spacial score (nSPS) is 12.5. The number of hydrogen-bond donors (Lipinski definition) is 2. The van der Waals surface area contributed by atoms with Gasteiger partial charge in [-0.2, -0.15) is 23.5 Å². The molecule has 12 heteroatoms. The van der Waals surface area contributed by atoms with Gasteiger partial charge in [0.25, 0.3) is 0 Å². The first-order chi connectivity index (χ1) is 27.0. The molecule has 288 valence electrons. The molecule has 0 saturated carbocycles. The summed E-state index contributed by atoms with van der Waals surface area (Å²) in [4.78, 5) is 48.8. The number of hydrogen-bond acceptors (Lipinski definition) is 10. The molecule has 55 heavy (non-hydrogen) atoms. The molecule has 0 bridgehead atoms. The monoisotopic (exact) mass is 782 g/mol. The molecule has 0 unspecified atom stereocenters. The van der Waals surface area contributed by atoms with Gasteiger partial charge < -0.3 is 29.6 Å². The molecule has 6 rings (SSSR count). The summed E-state index contributed by atoms with van der Waals surface area (Å²) < 4.78 is 21.5. The molecule has 0 saturated heterocycles. The molecule has 4 aromatic rings. The Morgan fingerprint density at radius 1 is 0.473 bits per heavy atom. The Morgan fingerprint density at radius 3 is 1.18 bits per heavy atom. The van der Waals surface area contributed by atoms with E-state index in [2.05, 4.69) is 59.2 Å². The summed E-state index contributed by atoms with van der Waals surface area (Å²) in [7, 11) is 0. The number of carbonyl (C=O) groups excluding carboxylic acids is 4. The van der Waals surface area contributed by atoms with Crippen LogP contribution in [0.3, 0.4) is 0 Å². The van der Waals surface area contributed by atoms with Crippen LogP contribution in [-0.4, -0.2) is 86.7 Å². The first kappa shape index (κ1) is 39.7. The number of alkyl carbamates (subject to hydrolysis) is 2. The predicted octanol–water partition coefficient (Wildman–Crippen LogP) is 7.79. The molecule has 4 aromatic carbocycles. The molecule has 2 aliphatic carbocycles. The first-order valence-corrected chi connectivity index (χ1v) is 20.9. The fourth-order valence-electron chi connectivity index (χ4n) is 6.86. The van der Waals surface area contributed by atoms with Crippen LogP contribution in [-0.2, 0) is 28.5 Å². The maximum absolute atomic E-state index is 12.3. The zero-order valence-electron chi connectivity index (χ0n) is 30.7. The number of carbonyl (C=O) groups is 4. The molecule has 0 aliphatic heterocycles. The first-order valence-electron chi connectivity index (χ1n) is 18.6. The quantitative estimate of drug-likeness (QED) is 0.0521. The van der Waals surface area contributed by atoms with Crippen molar-refractivity contribution in [3.63, 3.8) is 0 Å². The van der Waals surface area contributed by atoms with Gasteiger partial charge >= 0.3 is 24.1 Å². The van der Waals surface area contributed by atoms with E-state index in [1.165, 1.54) is 22.3 Å². The zero-order valence-corrected chi connectivity index (χ0v) is 32.3. The molecule has 2 N–H and O–H groups in total. The average molecular weight is 783 g/mol. The minimum Gasteiger partial charge on any atom is -0.464 e. The Bertz CT molecular complexity index is 1710. The van der Waals surface area contributed by atoms with Crippen LogP contribution in [0.1, 0.15) is 53.4 Å². The van der Waals surface area contributed by atoms with Gasteiger partial charge in [-0.3, -0.25) is 9.59 Å². The van der Waals surface area contributed by atoms with Crippen molar-refractivity contribution >= 4 is 47.6 Å². The van der Waals surface area contributed by atoms with Crippen LogP contribution in [0, 0.1) is 0 Å². The minimum atomic E-state index is -0.538. The van der Waals surface area contributed by atoms with Crippen molar-refractivity contribution in [3.05, 3.63) is 119 Å². The fraction of sp³-hybridized carbons (Fsp3) is 0.349. The van der Waals surface area contributed by atoms with Crippen molar-refractivity contribution in [2.75, 3.05) is 62.5 Å². The Labute approximate surface area is 330 Å². The molecular weight excluding hydrogens is 737 g/mol. The lowest BCUT2D eigenvalue weighted by Gasteiger charge is -2.14. The molecule has 0 aromatic heterocycles. The van der Waals surface area contributed by atoms with Crippen LogP contribution in [0.5, 0.6) is 0 Å². The third-order valence-corrected chi connectivity index (χ3v) is 11.6. The van der Waals surface area contributed by atoms with Gasteiger partial charge in [-0.1, -0.05) is 97.1 Å². The fourth-order valence-corrected chi connectivity index (χ4v) is 8.77. The molecule has 0 radical (unpaired) electrons.